The fourth-order valence-corrected chi connectivity index (χ4v) is 2.21. The van der Waals surface area contributed by atoms with Gasteiger partial charge >= 0.3 is 0 Å². The van der Waals surface area contributed by atoms with E-state index in [2.05, 4.69) is 79.5 Å². The molecule has 0 radical (unpaired) electrons. The summed E-state index contributed by atoms with van der Waals surface area (Å²) < 4.78 is 0. The molecule has 0 unspecified atom stereocenters. The molecule has 1 aromatic rings. The zero-order valence-corrected chi connectivity index (χ0v) is 15.7. The molecule has 4 heteroatoms. The van der Waals surface area contributed by atoms with Gasteiger partial charge in [-0.2, -0.15) is 0 Å². The van der Waals surface area contributed by atoms with Crippen LogP contribution < -0.4 is 10.6 Å². The van der Waals surface area contributed by atoms with Gasteiger partial charge in [-0.15, -0.1) is 0 Å². The van der Waals surface area contributed by atoms with Crippen molar-refractivity contribution in [1.82, 2.24) is 15.5 Å². The Hall–Kier alpha value is -1.55. The summed E-state index contributed by atoms with van der Waals surface area (Å²) in [5.41, 5.74) is 2.70. The van der Waals surface area contributed by atoms with Crippen molar-refractivity contribution in [2.75, 3.05) is 20.6 Å². The van der Waals surface area contributed by atoms with E-state index in [0.717, 1.165) is 32.0 Å². The first-order chi connectivity index (χ1) is 10.9. The first kappa shape index (κ1) is 19.5. The molecule has 130 valence electrons. The highest BCUT2D eigenvalue weighted by atomic mass is 15.2. The van der Waals surface area contributed by atoms with Gasteiger partial charge < -0.3 is 10.6 Å². The highest BCUT2D eigenvalue weighted by Crippen LogP contribution is 2.12. The van der Waals surface area contributed by atoms with Crippen molar-refractivity contribution in [2.45, 2.75) is 53.2 Å². The quantitative estimate of drug-likeness (QED) is 0.571. The molecule has 0 saturated heterocycles. The highest BCUT2D eigenvalue weighted by Gasteiger charge is 2.08. The smallest absolute Gasteiger partial charge is 0.191 e. The van der Waals surface area contributed by atoms with Gasteiger partial charge in [0, 0.05) is 32.7 Å². The summed E-state index contributed by atoms with van der Waals surface area (Å²) in [6.07, 6.45) is 1.15. The third-order valence-corrected chi connectivity index (χ3v) is 4.10. The number of rotatable bonds is 8. The van der Waals surface area contributed by atoms with E-state index in [1.54, 1.807) is 0 Å². The molecule has 0 fully saturated rings. The van der Waals surface area contributed by atoms with Crippen LogP contribution in [0.3, 0.4) is 0 Å². The van der Waals surface area contributed by atoms with Crippen LogP contribution in [0.5, 0.6) is 0 Å². The Morgan fingerprint density at radius 2 is 1.74 bits per heavy atom. The molecule has 1 rings (SSSR count). The van der Waals surface area contributed by atoms with Crippen LogP contribution in [0.1, 0.15) is 45.2 Å². The fourth-order valence-electron chi connectivity index (χ4n) is 2.21. The van der Waals surface area contributed by atoms with E-state index in [-0.39, 0.29) is 0 Å². The van der Waals surface area contributed by atoms with E-state index in [4.69, 9.17) is 0 Å². The monoisotopic (exact) mass is 318 g/mol. The molecule has 4 nitrogen and oxygen atoms in total. The number of nitrogens with one attached hydrogen (secondary N) is 2. The van der Waals surface area contributed by atoms with E-state index in [1.807, 2.05) is 7.05 Å². The topological polar surface area (TPSA) is 39.7 Å². The summed E-state index contributed by atoms with van der Waals surface area (Å²) in [6.45, 7) is 11.6. The Morgan fingerprint density at radius 3 is 2.30 bits per heavy atom. The Bertz CT molecular complexity index is 480. The van der Waals surface area contributed by atoms with Gasteiger partial charge in [-0.25, -0.2) is 0 Å². The van der Waals surface area contributed by atoms with Crippen LogP contribution in [0.2, 0.25) is 0 Å². The minimum atomic E-state index is 0.543. The Morgan fingerprint density at radius 1 is 1.09 bits per heavy atom. The van der Waals surface area contributed by atoms with Gasteiger partial charge in [0.2, 0.25) is 0 Å². The second-order valence-electron chi connectivity index (χ2n) is 6.81. The van der Waals surface area contributed by atoms with Crippen LogP contribution in [-0.2, 0) is 13.1 Å². The van der Waals surface area contributed by atoms with Crippen molar-refractivity contribution in [3.05, 3.63) is 35.4 Å². The lowest BCUT2D eigenvalue weighted by Gasteiger charge is -2.23. The molecule has 23 heavy (non-hydrogen) atoms. The average molecular weight is 319 g/mol. The molecule has 0 saturated carbocycles. The SMILES string of the molecule is CN=C(NCCC(C)C)NCc1ccccc1CN(C)C(C)C. The van der Waals surface area contributed by atoms with Gasteiger partial charge in [-0.3, -0.25) is 9.89 Å². The van der Waals surface area contributed by atoms with Crippen molar-refractivity contribution >= 4 is 5.96 Å². The molecule has 1 aromatic carbocycles. The third kappa shape index (κ3) is 7.51. The molecule has 0 amide bonds. The maximum absolute atomic E-state index is 4.30. The molecule has 0 atom stereocenters. The molecule has 0 spiro atoms. The number of hydrogen-bond acceptors (Lipinski definition) is 2. The van der Waals surface area contributed by atoms with Gasteiger partial charge in [-0.1, -0.05) is 38.1 Å². The molecular weight excluding hydrogens is 284 g/mol. The van der Waals surface area contributed by atoms with Crippen LogP contribution in [0, 0.1) is 5.92 Å². The number of nitrogens with zero attached hydrogens (tertiary/aromatic N) is 2. The molecular formula is C19H34N4. The maximum atomic E-state index is 4.30. The summed E-state index contributed by atoms with van der Waals surface area (Å²) in [4.78, 5) is 6.66. The van der Waals surface area contributed by atoms with Crippen molar-refractivity contribution in [2.24, 2.45) is 10.9 Å². The number of hydrogen-bond donors (Lipinski definition) is 2. The Kier molecular flexibility index (Phi) is 8.70. The predicted octanol–water partition coefficient (Wildman–Crippen LogP) is 3.24. The summed E-state index contributed by atoms with van der Waals surface area (Å²) in [6, 6.07) is 9.16. The molecule has 2 N–H and O–H groups in total. The van der Waals surface area contributed by atoms with E-state index < -0.39 is 0 Å². The molecule has 0 aliphatic rings. The maximum Gasteiger partial charge on any atom is 0.191 e. The van der Waals surface area contributed by atoms with Crippen molar-refractivity contribution in [3.8, 4) is 0 Å². The van der Waals surface area contributed by atoms with E-state index in [9.17, 15) is 0 Å². The Balaban J connectivity index is 2.59. The molecule has 0 bridgehead atoms. The van der Waals surface area contributed by atoms with Gasteiger partial charge in [0.05, 0.1) is 0 Å². The minimum Gasteiger partial charge on any atom is -0.356 e. The zero-order valence-electron chi connectivity index (χ0n) is 15.7. The lowest BCUT2D eigenvalue weighted by Crippen LogP contribution is -2.38. The second kappa shape index (κ2) is 10.3. The molecule has 0 aromatic heterocycles. The summed E-state index contributed by atoms with van der Waals surface area (Å²) in [5.74, 6) is 1.57. The summed E-state index contributed by atoms with van der Waals surface area (Å²) in [5, 5.41) is 6.80. The van der Waals surface area contributed by atoms with Crippen LogP contribution in [0.4, 0.5) is 0 Å². The second-order valence-corrected chi connectivity index (χ2v) is 6.81. The molecule has 0 aliphatic carbocycles. The van der Waals surface area contributed by atoms with Crippen molar-refractivity contribution in [1.29, 1.82) is 0 Å². The van der Waals surface area contributed by atoms with E-state index in [0.29, 0.717) is 12.0 Å². The lowest BCUT2D eigenvalue weighted by molar-refractivity contribution is 0.265. The van der Waals surface area contributed by atoms with Crippen LogP contribution >= 0.6 is 0 Å². The standard InChI is InChI=1S/C19H34N4/c1-15(2)11-12-21-19(20-5)22-13-17-9-7-8-10-18(17)14-23(6)16(3)4/h7-10,15-16H,11-14H2,1-6H3,(H2,20,21,22). The van der Waals surface area contributed by atoms with E-state index >= 15 is 0 Å². The number of benzene rings is 1. The largest absolute Gasteiger partial charge is 0.356 e. The minimum absolute atomic E-state index is 0.543. The third-order valence-electron chi connectivity index (χ3n) is 4.10. The highest BCUT2D eigenvalue weighted by molar-refractivity contribution is 5.79. The summed E-state index contributed by atoms with van der Waals surface area (Å²) in [7, 11) is 3.99. The predicted molar refractivity (Wildman–Crippen MR) is 101 cm³/mol. The van der Waals surface area contributed by atoms with Gasteiger partial charge in [0.1, 0.15) is 0 Å². The lowest BCUT2D eigenvalue weighted by atomic mass is 10.1. The first-order valence-electron chi connectivity index (χ1n) is 8.65. The van der Waals surface area contributed by atoms with E-state index in [1.165, 1.54) is 11.1 Å². The van der Waals surface area contributed by atoms with Crippen LogP contribution in [-0.4, -0.2) is 37.5 Å². The Labute approximate surface area is 142 Å². The average Bonchev–Trinajstić information content (AvgIpc) is 2.51. The number of guanidine groups is 1. The number of aliphatic imine (C=N–C) groups is 1. The van der Waals surface area contributed by atoms with Gasteiger partial charge in [0.25, 0.3) is 0 Å². The van der Waals surface area contributed by atoms with Crippen molar-refractivity contribution in [3.63, 3.8) is 0 Å². The van der Waals surface area contributed by atoms with Crippen LogP contribution in [0.25, 0.3) is 0 Å². The zero-order chi connectivity index (χ0) is 17.2. The molecule has 0 aliphatic heterocycles. The molecule has 0 heterocycles. The van der Waals surface area contributed by atoms with Crippen LogP contribution in [0.15, 0.2) is 29.3 Å². The summed E-state index contributed by atoms with van der Waals surface area (Å²) >= 11 is 0. The normalized spacial score (nSPS) is 12.3. The van der Waals surface area contributed by atoms with Gasteiger partial charge in [-0.05, 0) is 44.4 Å². The van der Waals surface area contributed by atoms with Crippen molar-refractivity contribution < 1.29 is 0 Å². The first-order valence-corrected chi connectivity index (χ1v) is 8.65. The fraction of sp³-hybridized carbons (Fsp3) is 0.632. The van der Waals surface area contributed by atoms with Gasteiger partial charge in [0.15, 0.2) is 5.96 Å².